The average molecular weight is 344 g/mol. The first-order valence-corrected chi connectivity index (χ1v) is 10.1. The molecular formula is C21H33N3O. The topological polar surface area (TPSA) is 35.6 Å². The Morgan fingerprint density at radius 2 is 1.92 bits per heavy atom. The van der Waals surface area contributed by atoms with E-state index in [1.807, 2.05) is 12.1 Å². The standard InChI is InChI=1S/C21H33N3O/c1-2-11-23-14-10-20(17-23)22-21(25)19-9-7-8-18(15-19)16-24-12-5-3-4-6-13-24/h7-9,15,20H,2-6,10-14,16-17H2,1H3,(H,22,25). The third-order valence-corrected chi connectivity index (χ3v) is 5.44. The Balaban J connectivity index is 1.54. The molecule has 1 unspecified atom stereocenters. The Morgan fingerprint density at radius 3 is 2.68 bits per heavy atom. The molecule has 3 rings (SSSR count). The molecule has 2 aliphatic heterocycles. The molecule has 1 aromatic carbocycles. The van der Waals surface area contributed by atoms with Crippen LogP contribution in [0.25, 0.3) is 0 Å². The van der Waals surface area contributed by atoms with E-state index < -0.39 is 0 Å². The van der Waals surface area contributed by atoms with Crippen molar-refractivity contribution in [3.8, 4) is 0 Å². The number of benzene rings is 1. The lowest BCUT2D eigenvalue weighted by Gasteiger charge is -2.20. The van der Waals surface area contributed by atoms with E-state index >= 15 is 0 Å². The van der Waals surface area contributed by atoms with E-state index in [-0.39, 0.29) is 5.91 Å². The van der Waals surface area contributed by atoms with Gasteiger partial charge in [0.15, 0.2) is 0 Å². The van der Waals surface area contributed by atoms with Crippen molar-refractivity contribution in [2.24, 2.45) is 0 Å². The van der Waals surface area contributed by atoms with Gasteiger partial charge >= 0.3 is 0 Å². The summed E-state index contributed by atoms with van der Waals surface area (Å²) in [5.74, 6) is 0.0843. The quantitative estimate of drug-likeness (QED) is 0.861. The number of nitrogens with one attached hydrogen (secondary N) is 1. The van der Waals surface area contributed by atoms with Crippen LogP contribution in [0.5, 0.6) is 0 Å². The van der Waals surface area contributed by atoms with Crippen molar-refractivity contribution < 1.29 is 4.79 Å². The average Bonchev–Trinajstić information content (AvgIpc) is 2.89. The molecule has 2 heterocycles. The smallest absolute Gasteiger partial charge is 0.251 e. The molecule has 1 N–H and O–H groups in total. The van der Waals surface area contributed by atoms with Crippen LogP contribution in [0.2, 0.25) is 0 Å². The van der Waals surface area contributed by atoms with Crippen molar-refractivity contribution in [2.45, 2.75) is 58.0 Å². The predicted octanol–water partition coefficient (Wildman–Crippen LogP) is 3.28. The summed E-state index contributed by atoms with van der Waals surface area (Å²) >= 11 is 0. The maximum atomic E-state index is 12.6. The first-order valence-electron chi connectivity index (χ1n) is 10.1. The summed E-state index contributed by atoms with van der Waals surface area (Å²) in [5, 5.41) is 3.23. The highest BCUT2D eigenvalue weighted by molar-refractivity contribution is 5.94. The van der Waals surface area contributed by atoms with E-state index in [1.165, 1.54) is 50.8 Å². The highest BCUT2D eigenvalue weighted by Crippen LogP contribution is 2.15. The van der Waals surface area contributed by atoms with Crippen molar-refractivity contribution in [1.82, 2.24) is 15.1 Å². The fraction of sp³-hybridized carbons (Fsp3) is 0.667. The molecular weight excluding hydrogens is 310 g/mol. The molecule has 138 valence electrons. The van der Waals surface area contributed by atoms with Gasteiger partial charge < -0.3 is 10.2 Å². The summed E-state index contributed by atoms with van der Waals surface area (Å²) in [5.41, 5.74) is 2.06. The molecule has 2 saturated heterocycles. The van der Waals surface area contributed by atoms with Crippen molar-refractivity contribution in [3.63, 3.8) is 0 Å². The maximum absolute atomic E-state index is 12.6. The molecule has 0 aliphatic carbocycles. The molecule has 1 aromatic rings. The third-order valence-electron chi connectivity index (χ3n) is 5.44. The zero-order valence-electron chi connectivity index (χ0n) is 15.7. The zero-order valence-corrected chi connectivity index (χ0v) is 15.7. The lowest BCUT2D eigenvalue weighted by atomic mass is 10.1. The predicted molar refractivity (Wildman–Crippen MR) is 103 cm³/mol. The first-order chi connectivity index (χ1) is 12.2. The first kappa shape index (κ1) is 18.4. The van der Waals surface area contributed by atoms with Gasteiger partial charge in [0.25, 0.3) is 5.91 Å². The van der Waals surface area contributed by atoms with Gasteiger partial charge in [-0.15, -0.1) is 0 Å². The van der Waals surface area contributed by atoms with Gasteiger partial charge in [-0.1, -0.05) is 31.9 Å². The summed E-state index contributed by atoms with van der Waals surface area (Å²) in [4.78, 5) is 17.6. The molecule has 25 heavy (non-hydrogen) atoms. The number of hydrogen-bond donors (Lipinski definition) is 1. The van der Waals surface area contributed by atoms with Gasteiger partial charge in [-0.2, -0.15) is 0 Å². The van der Waals surface area contributed by atoms with E-state index in [1.54, 1.807) is 0 Å². The molecule has 0 aromatic heterocycles. The minimum absolute atomic E-state index is 0.0843. The fourth-order valence-corrected chi connectivity index (χ4v) is 4.10. The Labute approximate surface area is 152 Å². The molecule has 1 amide bonds. The van der Waals surface area contributed by atoms with Crippen molar-refractivity contribution in [1.29, 1.82) is 0 Å². The van der Waals surface area contributed by atoms with Crippen molar-refractivity contribution in [3.05, 3.63) is 35.4 Å². The molecule has 2 fully saturated rings. The Hall–Kier alpha value is -1.39. The van der Waals surface area contributed by atoms with E-state index in [0.717, 1.165) is 38.2 Å². The monoisotopic (exact) mass is 343 g/mol. The summed E-state index contributed by atoms with van der Waals surface area (Å²) < 4.78 is 0. The van der Waals surface area contributed by atoms with Gasteiger partial charge in [-0.05, 0) is 63.0 Å². The largest absolute Gasteiger partial charge is 0.348 e. The number of nitrogens with zero attached hydrogens (tertiary/aromatic N) is 2. The van der Waals surface area contributed by atoms with Crippen LogP contribution in [0.3, 0.4) is 0 Å². The summed E-state index contributed by atoms with van der Waals surface area (Å²) in [6.45, 7) is 8.78. The van der Waals surface area contributed by atoms with Crippen LogP contribution in [0, 0.1) is 0 Å². The van der Waals surface area contributed by atoms with E-state index in [0.29, 0.717) is 6.04 Å². The molecule has 0 radical (unpaired) electrons. The lowest BCUT2D eigenvalue weighted by molar-refractivity contribution is 0.0937. The second-order valence-corrected chi connectivity index (χ2v) is 7.65. The summed E-state index contributed by atoms with van der Waals surface area (Å²) in [6.07, 6.45) is 7.56. The van der Waals surface area contributed by atoms with E-state index in [9.17, 15) is 4.79 Å². The van der Waals surface area contributed by atoms with Gasteiger partial charge in [-0.25, -0.2) is 0 Å². The number of amides is 1. The van der Waals surface area contributed by atoms with Gasteiger partial charge in [-0.3, -0.25) is 9.69 Å². The van der Waals surface area contributed by atoms with Crippen molar-refractivity contribution >= 4 is 5.91 Å². The maximum Gasteiger partial charge on any atom is 0.251 e. The fourth-order valence-electron chi connectivity index (χ4n) is 4.10. The second kappa shape index (κ2) is 9.35. The molecule has 4 nitrogen and oxygen atoms in total. The van der Waals surface area contributed by atoms with E-state index in [4.69, 9.17) is 0 Å². The number of rotatable bonds is 6. The third kappa shape index (κ3) is 5.55. The molecule has 0 saturated carbocycles. The number of hydrogen-bond acceptors (Lipinski definition) is 3. The van der Waals surface area contributed by atoms with Gasteiger partial charge in [0.2, 0.25) is 0 Å². The highest BCUT2D eigenvalue weighted by atomic mass is 16.1. The Bertz CT molecular complexity index is 552. The molecule has 4 heteroatoms. The normalized spacial score (nSPS) is 22.7. The van der Waals surface area contributed by atoms with Gasteiger partial charge in [0.05, 0.1) is 0 Å². The van der Waals surface area contributed by atoms with Crippen LogP contribution in [0.15, 0.2) is 24.3 Å². The van der Waals surface area contributed by atoms with Crippen LogP contribution >= 0.6 is 0 Å². The minimum Gasteiger partial charge on any atom is -0.348 e. The number of carbonyl (C=O) groups excluding carboxylic acids is 1. The SMILES string of the molecule is CCCN1CCC(NC(=O)c2cccc(CN3CCCCCC3)c2)C1. The van der Waals surface area contributed by atoms with E-state index in [2.05, 4.69) is 34.2 Å². The van der Waals surface area contributed by atoms with Crippen molar-refractivity contribution in [2.75, 3.05) is 32.7 Å². The second-order valence-electron chi connectivity index (χ2n) is 7.65. The van der Waals surface area contributed by atoms with Crippen LogP contribution in [-0.4, -0.2) is 54.5 Å². The molecule has 0 bridgehead atoms. The number of carbonyl (C=O) groups is 1. The molecule has 0 spiro atoms. The Kier molecular flexibility index (Phi) is 6.88. The van der Waals surface area contributed by atoms with Crippen LogP contribution in [0.4, 0.5) is 0 Å². The molecule has 2 aliphatic rings. The van der Waals surface area contributed by atoms with Gasteiger partial charge in [0, 0.05) is 31.2 Å². The molecule has 1 atom stereocenters. The minimum atomic E-state index is 0.0843. The summed E-state index contributed by atoms with van der Waals surface area (Å²) in [6, 6.07) is 8.51. The van der Waals surface area contributed by atoms with Crippen LogP contribution in [-0.2, 0) is 6.54 Å². The number of likely N-dealkylation sites (tertiary alicyclic amines) is 2. The van der Waals surface area contributed by atoms with Gasteiger partial charge in [0.1, 0.15) is 0 Å². The lowest BCUT2D eigenvalue weighted by Crippen LogP contribution is -2.37. The van der Waals surface area contributed by atoms with Crippen LogP contribution < -0.4 is 5.32 Å². The van der Waals surface area contributed by atoms with Crippen LogP contribution in [0.1, 0.15) is 61.4 Å². The Morgan fingerprint density at radius 1 is 1.12 bits per heavy atom. The highest BCUT2D eigenvalue weighted by Gasteiger charge is 2.23. The zero-order chi connectivity index (χ0) is 17.5. The summed E-state index contributed by atoms with van der Waals surface area (Å²) in [7, 11) is 0.